The van der Waals surface area contributed by atoms with Crippen molar-refractivity contribution in [3.63, 3.8) is 0 Å². The van der Waals surface area contributed by atoms with Gasteiger partial charge in [0, 0.05) is 12.5 Å². The van der Waals surface area contributed by atoms with E-state index in [1.54, 1.807) is 0 Å². The van der Waals surface area contributed by atoms with Crippen molar-refractivity contribution in [2.24, 2.45) is 11.7 Å². The van der Waals surface area contributed by atoms with E-state index in [2.05, 4.69) is 39.1 Å². The van der Waals surface area contributed by atoms with Crippen molar-refractivity contribution in [3.05, 3.63) is 33.9 Å². The van der Waals surface area contributed by atoms with E-state index in [1.807, 2.05) is 6.92 Å². The Morgan fingerprint density at radius 1 is 1.21 bits per heavy atom. The average molecular weight is 262 g/mol. The summed E-state index contributed by atoms with van der Waals surface area (Å²) >= 11 is 0. The Hall–Kier alpha value is -1.35. The second-order valence-corrected chi connectivity index (χ2v) is 5.44. The lowest BCUT2D eigenvalue weighted by atomic mass is 9.94. The summed E-state index contributed by atoms with van der Waals surface area (Å²) in [5.41, 5.74) is 11.8. The van der Waals surface area contributed by atoms with Crippen LogP contribution in [0.3, 0.4) is 0 Å². The molecule has 3 nitrogen and oxygen atoms in total. The molecule has 0 spiro atoms. The molecule has 0 saturated carbocycles. The van der Waals surface area contributed by atoms with Gasteiger partial charge >= 0.3 is 0 Å². The first-order valence-electron chi connectivity index (χ1n) is 6.92. The molecule has 1 atom stereocenters. The number of hydrogen-bond donors (Lipinski definition) is 2. The standard InChI is InChI=1S/C16H26N2O/c1-10(6-7-17)16(19)18-9-15-13(4)11(2)8-12(3)14(15)5/h8,10H,6-7,9,17H2,1-5H3,(H,18,19). The molecule has 1 rings (SSSR count). The van der Waals surface area contributed by atoms with Crippen LogP contribution in [-0.2, 0) is 11.3 Å². The highest BCUT2D eigenvalue weighted by Gasteiger charge is 2.13. The molecule has 0 aliphatic rings. The lowest BCUT2D eigenvalue weighted by Crippen LogP contribution is -2.30. The number of benzene rings is 1. The van der Waals surface area contributed by atoms with Crippen LogP contribution >= 0.6 is 0 Å². The normalized spacial score (nSPS) is 12.3. The van der Waals surface area contributed by atoms with Gasteiger partial charge in [-0.15, -0.1) is 0 Å². The van der Waals surface area contributed by atoms with Crippen LogP contribution in [0.2, 0.25) is 0 Å². The van der Waals surface area contributed by atoms with Crippen LogP contribution in [-0.4, -0.2) is 12.5 Å². The van der Waals surface area contributed by atoms with Crippen LogP contribution in [0.15, 0.2) is 6.07 Å². The molecule has 1 aromatic rings. The van der Waals surface area contributed by atoms with E-state index in [4.69, 9.17) is 5.73 Å². The van der Waals surface area contributed by atoms with Crippen LogP contribution in [0, 0.1) is 33.6 Å². The van der Waals surface area contributed by atoms with Crippen molar-refractivity contribution in [3.8, 4) is 0 Å². The number of carbonyl (C=O) groups is 1. The van der Waals surface area contributed by atoms with Gasteiger partial charge in [0.2, 0.25) is 5.91 Å². The minimum atomic E-state index is -0.0171. The van der Waals surface area contributed by atoms with Crippen molar-refractivity contribution in [2.75, 3.05) is 6.54 Å². The van der Waals surface area contributed by atoms with Gasteiger partial charge < -0.3 is 11.1 Å². The fourth-order valence-electron chi connectivity index (χ4n) is 2.29. The Kier molecular flexibility index (Phi) is 5.55. The highest BCUT2D eigenvalue weighted by molar-refractivity contribution is 5.78. The number of aryl methyl sites for hydroxylation is 2. The largest absolute Gasteiger partial charge is 0.352 e. The van der Waals surface area contributed by atoms with Crippen molar-refractivity contribution >= 4 is 5.91 Å². The number of carbonyl (C=O) groups excluding carboxylic acids is 1. The molecule has 1 unspecified atom stereocenters. The Labute approximate surface area is 116 Å². The number of nitrogens with two attached hydrogens (primary N) is 1. The SMILES string of the molecule is Cc1cc(C)c(C)c(CNC(=O)C(C)CCN)c1C. The smallest absolute Gasteiger partial charge is 0.223 e. The van der Waals surface area contributed by atoms with Crippen LogP contribution in [0.1, 0.15) is 41.2 Å². The highest BCUT2D eigenvalue weighted by atomic mass is 16.1. The highest BCUT2D eigenvalue weighted by Crippen LogP contribution is 2.21. The van der Waals surface area contributed by atoms with Gasteiger partial charge in [-0.05, 0) is 68.5 Å². The summed E-state index contributed by atoms with van der Waals surface area (Å²) < 4.78 is 0. The maximum absolute atomic E-state index is 11.9. The van der Waals surface area contributed by atoms with E-state index in [0.717, 1.165) is 6.42 Å². The zero-order chi connectivity index (χ0) is 14.6. The number of nitrogens with one attached hydrogen (secondary N) is 1. The van der Waals surface area contributed by atoms with Crippen LogP contribution in [0.25, 0.3) is 0 Å². The molecule has 0 aliphatic heterocycles. The molecular weight excluding hydrogens is 236 g/mol. The number of amides is 1. The Balaban J connectivity index is 2.81. The molecule has 0 aromatic heterocycles. The minimum absolute atomic E-state index is 0.0171. The van der Waals surface area contributed by atoms with E-state index in [9.17, 15) is 4.79 Å². The lowest BCUT2D eigenvalue weighted by molar-refractivity contribution is -0.124. The van der Waals surface area contributed by atoms with Gasteiger partial charge in [-0.1, -0.05) is 13.0 Å². The monoisotopic (exact) mass is 262 g/mol. The van der Waals surface area contributed by atoms with Crippen LogP contribution < -0.4 is 11.1 Å². The number of rotatable bonds is 5. The molecule has 0 heterocycles. The van der Waals surface area contributed by atoms with E-state index in [0.29, 0.717) is 13.1 Å². The Morgan fingerprint density at radius 2 is 1.74 bits per heavy atom. The topological polar surface area (TPSA) is 55.1 Å². The summed E-state index contributed by atoms with van der Waals surface area (Å²) in [7, 11) is 0. The molecule has 0 bridgehead atoms. The summed E-state index contributed by atoms with van der Waals surface area (Å²) in [6.07, 6.45) is 0.733. The summed E-state index contributed by atoms with van der Waals surface area (Å²) in [4.78, 5) is 11.9. The number of hydrogen-bond acceptors (Lipinski definition) is 2. The average Bonchev–Trinajstić information content (AvgIpc) is 2.36. The Morgan fingerprint density at radius 3 is 2.21 bits per heavy atom. The van der Waals surface area contributed by atoms with Crippen LogP contribution in [0.5, 0.6) is 0 Å². The first-order valence-corrected chi connectivity index (χ1v) is 6.92. The maximum atomic E-state index is 11.9. The van der Waals surface area contributed by atoms with Gasteiger partial charge in [-0.2, -0.15) is 0 Å². The first kappa shape index (κ1) is 15.7. The summed E-state index contributed by atoms with van der Waals surface area (Å²) in [5.74, 6) is 0.0694. The molecule has 3 heteroatoms. The fraction of sp³-hybridized carbons (Fsp3) is 0.562. The predicted octanol–water partition coefficient (Wildman–Crippen LogP) is 2.52. The molecule has 19 heavy (non-hydrogen) atoms. The minimum Gasteiger partial charge on any atom is -0.352 e. The van der Waals surface area contributed by atoms with Gasteiger partial charge in [0.15, 0.2) is 0 Å². The summed E-state index contributed by atoms with van der Waals surface area (Å²) in [6, 6.07) is 2.20. The quantitative estimate of drug-likeness (QED) is 0.856. The molecule has 106 valence electrons. The van der Waals surface area contributed by atoms with Crippen molar-refractivity contribution in [1.29, 1.82) is 0 Å². The molecule has 0 saturated heterocycles. The van der Waals surface area contributed by atoms with Crippen LogP contribution in [0.4, 0.5) is 0 Å². The summed E-state index contributed by atoms with van der Waals surface area (Å²) in [5, 5.41) is 3.03. The second kappa shape index (κ2) is 6.71. The molecule has 0 aliphatic carbocycles. The zero-order valence-corrected chi connectivity index (χ0v) is 12.8. The lowest BCUT2D eigenvalue weighted by Gasteiger charge is -2.17. The second-order valence-electron chi connectivity index (χ2n) is 5.44. The maximum Gasteiger partial charge on any atom is 0.223 e. The van der Waals surface area contributed by atoms with Gasteiger partial charge in [-0.3, -0.25) is 4.79 Å². The van der Waals surface area contributed by atoms with Gasteiger partial charge in [-0.25, -0.2) is 0 Å². The third-order valence-electron chi connectivity index (χ3n) is 4.01. The van der Waals surface area contributed by atoms with Crippen molar-refractivity contribution < 1.29 is 4.79 Å². The van der Waals surface area contributed by atoms with E-state index in [-0.39, 0.29) is 11.8 Å². The Bertz CT molecular complexity index is 440. The zero-order valence-electron chi connectivity index (χ0n) is 12.8. The predicted molar refractivity (Wildman–Crippen MR) is 80.1 cm³/mol. The van der Waals surface area contributed by atoms with E-state index < -0.39 is 0 Å². The molecule has 1 aromatic carbocycles. The third kappa shape index (κ3) is 3.80. The van der Waals surface area contributed by atoms with Gasteiger partial charge in [0.1, 0.15) is 0 Å². The van der Waals surface area contributed by atoms with Gasteiger partial charge in [0.25, 0.3) is 0 Å². The fourth-order valence-corrected chi connectivity index (χ4v) is 2.29. The van der Waals surface area contributed by atoms with Crippen molar-refractivity contribution in [2.45, 2.75) is 47.6 Å². The van der Waals surface area contributed by atoms with Gasteiger partial charge in [0.05, 0.1) is 0 Å². The first-order chi connectivity index (χ1) is 8.88. The summed E-state index contributed by atoms with van der Waals surface area (Å²) in [6.45, 7) is 11.5. The molecule has 3 N–H and O–H groups in total. The van der Waals surface area contributed by atoms with E-state index >= 15 is 0 Å². The molecule has 1 amide bonds. The molecule has 0 radical (unpaired) electrons. The molecule has 0 fully saturated rings. The van der Waals surface area contributed by atoms with Crippen molar-refractivity contribution in [1.82, 2.24) is 5.32 Å². The molecular formula is C16H26N2O. The third-order valence-corrected chi connectivity index (χ3v) is 4.01. The van der Waals surface area contributed by atoms with E-state index in [1.165, 1.54) is 27.8 Å².